The molecule has 0 unspecified atom stereocenters. The molecule has 0 radical (unpaired) electrons. The van der Waals surface area contributed by atoms with E-state index in [4.69, 9.17) is 0 Å². The van der Waals surface area contributed by atoms with Gasteiger partial charge in [0, 0.05) is 17.6 Å². The molecule has 1 aromatic carbocycles. The molecule has 3 nitrogen and oxygen atoms in total. The third kappa shape index (κ3) is 2.45. The summed E-state index contributed by atoms with van der Waals surface area (Å²) in [6.45, 7) is 3.96. The van der Waals surface area contributed by atoms with Crippen molar-refractivity contribution in [3.8, 4) is 0 Å². The number of hydrogen-bond donors (Lipinski definition) is 0. The Labute approximate surface area is 94.1 Å². The van der Waals surface area contributed by atoms with Crippen LogP contribution < -0.4 is 10.0 Å². The summed E-state index contributed by atoms with van der Waals surface area (Å²) in [7, 11) is 1.49. The van der Waals surface area contributed by atoms with Gasteiger partial charge in [0.25, 0.3) is 0 Å². The first-order valence-corrected chi connectivity index (χ1v) is 5.79. The lowest BCUT2D eigenvalue weighted by atomic mass is 10.1. The Morgan fingerprint density at radius 1 is 1.33 bits per heavy atom. The fourth-order valence-corrected chi connectivity index (χ4v) is 2.31. The summed E-state index contributed by atoms with van der Waals surface area (Å²) in [5.74, 6) is 0. The van der Waals surface area contributed by atoms with Gasteiger partial charge in [-0.05, 0) is 43.4 Å². The number of amides is 1. The zero-order chi connectivity index (χ0) is 11.6. The van der Waals surface area contributed by atoms with E-state index in [0.29, 0.717) is 5.69 Å². The van der Waals surface area contributed by atoms with Gasteiger partial charge in [0.05, 0.1) is 0 Å². The van der Waals surface area contributed by atoms with E-state index >= 15 is 0 Å². The molecule has 0 aliphatic heterocycles. The van der Waals surface area contributed by atoms with Crippen LogP contribution in [0.1, 0.15) is 11.1 Å². The SMILES string of the molecule is CSc1c(C)cc(N(C)C(=O)[O-])cc1C. The van der Waals surface area contributed by atoms with E-state index in [2.05, 4.69) is 0 Å². The van der Waals surface area contributed by atoms with Crippen LogP contribution in [-0.4, -0.2) is 19.4 Å². The predicted octanol–water partition coefficient (Wildman–Crippen LogP) is 1.80. The van der Waals surface area contributed by atoms with E-state index in [-0.39, 0.29) is 0 Å². The van der Waals surface area contributed by atoms with Crippen molar-refractivity contribution in [2.75, 3.05) is 18.2 Å². The number of nitrogens with zero attached hydrogens (tertiary/aromatic N) is 1. The summed E-state index contributed by atoms with van der Waals surface area (Å²) in [5, 5.41) is 10.7. The second kappa shape index (κ2) is 4.57. The number of benzene rings is 1. The van der Waals surface area contributed by atoms with Crippen molar-refractivity contribution >= 4 is 23.5 Å². The Hall–Kier alpha value is -1.16. The molecule has 15 heavy (non-hydrogen) atoms. The highest BCUT2D eigenvalue weighted by Crippen LogP contribution is 2.28. The lowest BCUT2D eigenvalue weighted by Crippen LogP contribution is -2.38. The van der Waals surface area contributed by atoms with Gasteiger partial charge >= 0.3 is 0 Å². The van der Waals surface area contributed by atoms with Crippen LogP contribution in [0.5, 0.6) is 0 Å². The maximum atomic E-state index is 10.7. The van der Waals surface area contributed by atoms with Crippen LogP contribution in [0, 0.1) is 13.8 Å². The molecular weight excluding hydrogens is 210 g/mol. The van der Waals surface area contributed by atoms with Crippen LogP contribution in [0.25, 0.3) is 0 Å². The van der Waals surface area contributed by atoms with Crippen molar-refractivity contribution < 1.29 is 9.90 Å². The van der Waals surface area contributed by atoms with Crippen molar-refractivity contribution in [3.05, 3.63) is 23.3 Å². The second-order valence-corrected chi connectivity index (χ2v) is 4.25. The molecule has 0 spiro atoms. The largest absolute Gasteiger partial charge is 0.530 e. The highest BCUT2D eigenvalue weighted by Gasteiger charge is 2.07. The van der Waals surface area contributed by atoms with E-state index in [1.807, 2.05) is 32.2 Å². The van der Waals surface area contributed by atoms with E-state index in [9.17, 15) is 9.90 Å². The topological polar surface area (TPSA) is 43.4 Å². The Morgan fingerprint density at radius 2 is 1.80 bits per heavy atom. The van der Waals surface area contributed by atoms with Gasteiger partial charge < -0.3 is 14.8 Å². The number of aryl methyl sites for hydroxylation is 2. The van der Waals surface area contributed by atoms with Crippen molar-refractivity contribution in [1.29, 1.82) is 0 Å². The van der Waals surface area contributed by atoms with Crippen molar-refractivity contribution in [1.82, 2.24) is 0 Å². The summed E-state index contributed by atoms with van der Waals surface area (Å²) in [6, 6.07) is 3.71. The number of carbonyl (C=O) groups excluding carboxylic acids is 1. The normalized spacial score (nSPS) is 10.1. The van der Waals surface area contributed by atoms with E-state index < -0.39 is 6.09 Å². The molecule has 1 amide bonds. The van der Waals surface area contributed by atoms with Gasteiger partial charge in [0.1, 0.15) is 6.09 Å². The lowest BCUT2D eigenvalue weighted by Gasteiger charge is -2.21. The monoisotopic (exact) mass is 224 g/mol. The third-order valence-corrected chi connectivity index (χ3v) is 3.36. The number of carboxylic acid groups (broad SMARTS) is 1. The second-order valence-electron chi connectivity index (χ2n) is 3.44. The molecule has 0 saturated carbocycles. The molecule has 82 valence electrons. The van der Waals surface area contributed by atoms with Gasteiger partial charge in [-0.3, -0.25) is 0 Å². The minimum absolute atomic E-state index is 0.655. The van der Waals surface area contributed by atoms with Crippen LogP contribution in [0.2, 0.25) is 0 Å². The van der Waals surface area contributed by atoms with Crippen molar-refractivity contribution in [2.24, 2.45) is 0 Å². The molecule has 0 aromatic heterocycles. The molecule has 1 aromatic rings. The predicted molar refractivity (Wildman–Crippen MR) is 61.5 cm³/mol. The van der Waals surface area contributed by atoms with Crippen molar-refractivity contribution in [3.63, 3.8) is 0 Å². The van der Waals surface area contributed by atoms with Gasteiger partial charge in [-0.15, -0.1) is 11.8 Å². The standard InChI is InChI=1S/C11H15NO2S/c1-7-5-9(12(3)11(13)14)6-8(2)10(7)15-4/h5-6H,1-4H3,(H,13,14)/p-1. The maximum absolute atomic E-state index is 10.7. The fraction of sp³-hybridized carbons (Fsp3) is 0.364. The zero-order valence-corrected chi connectivity index (χ0v) is 10.1. The van der Waals surface area contributed by atoms with Crippen LogP contribution in [-0.2, 0) is 0 Å². The quantitative estimate of drug-likeness (QED) is 0.719. The molecule has 0 fully saturated rings. The van der Waals surface area contributed by atoms with Crippen LogP contribution in [0.4, 0.5) is 10.5 Å². The van der Waals surface area contributed by atoms with E-state index in [1.54, 1.807) is 11.8 Å². The molecule has 4 heteroatoms. The molecule has 0 heterocycles. The van der Waals surface area contributed by atoms with Gasteiger partial charge in [0.2, 0.25) is 0 Å². The highest BCUT2D eigenvalue weighted by atomic mass is 32.2. The Kier molecular flexibility index (Phi) is 3.63. The van der Waals surface area contributed by atoms with E-state index in [0.717, 1.165) is 16.0 Å². The number of anilines is 1. The van der Waals surface area contributed by atoms with Gasteiger partial charge in [-0.1, -0.05) is 0 Å². The van der Waals surface area contributed by atoms with Crippen LogP contribution in [0.3, 0.4) is 0 Å². The highest BCUT2D eigenvalue weighted by molar-refractivity contribution is 7.98. The molecular formula is C11H14NO2S-. The number of carbonyl (C=O) groups is 1. The summed E-state index contributed by atoms with van der Waals surface area (Å²) in [4.78, 5) is 13.0. The number of thioether (sulfide) groups is 1. The number of hydrogen-bond acceptors (Lipinski definition) is 3. The Bertz CT molecular complexity index is 367. The van der Waals surface area contributed by atoms with Gasteiger partial charge in [-0.2, -0.15) is 0 Å². The number of rotatable bonds is 2. The van der Waals surface area contributed by atoms with Gasteiger partial charge in [-0.25, -0.2) is 0 Å². The summed E-state index contributed by atoms with van der Waals surface area (Å²) < 4.78 is 0. The van der Waals surface area contributed by atoms with Crippen LogP contribution in [0.15, 0.2) is 17.0 Å². The molecule has 0 aliphatic carbocycles. The first-order valence-electron chi connectivity index (χ1n) is 4.57. The summed E-state index contributed by atoms with van der Waals surface area (Å²) in [6.07, 6.45) is 0.822. The van der Waals surface area contributed by atoms with E-state index in [1.165, 1.54) is 11.9 Å². The first-order chi connectivity index (χ1) is 6.97. The lowest BCUT2D eigenvalue weighted by molar-refractivity contribution is -0.246. The molecule has 0 bridgehead atoms. The molecule has 0 saturated heterocycles. The minimum Gasteiger partial charge on any atom is -0.530 e. The molecule has 0 N–H and O–H groups in total. The van der Waals surface area contributed by atoms with Crippen molar-refractivity contribution in [2.45, 2.75) is 18.7 Å². The molecule has 1 rings (SSSR count). The third-order valence-electron chi connectivity index (χ3n) is 2.31. The minimum atomic E-state index is -1.19. The smallest absolute Gasteiger partial charge is 0.141 e. The summed E-state index contributed by atoms with van der Waals surface area (Å²) in [5.41, 5.74) is 2.83. The fourth-order valence-electron chi connectivity index (χ4n) is 1.55. The average molecular weight is 224 g/mol. The molecule has 0 atom stereocenters. The Morgan fingerprint density at radius 3 is 2.13 bits per heavy atom. The Balaban J connectivity index is 3.19. The zero-order valence-electron chi connectivity index (χ0n) is 9.33. The van der Waals surface area contributed by atoms with Crippen LogP contribution >= 0.6 is 11.8 Å². The van der Waals surface area contributed by atoms with Gasteiger partial charge in [0.15, 0.2) is 0 Å². The first kappa shape index (κ1) is 11.9. The molecule has 0 aliphatic rings. The summed E-state index contributed by atoms with van der Waals surface area (Å²) >= 11 is 1.67. The average Bonchev–Trinajstić information content (AvgIpc) is 2.15. The maximum Gasteiger partial charge on any atom is 0.141 e.